The van der Waals surface area contributed by atoms with Gasteiger partial charge in [-0.25, -0.2) is 13.1 Å². The minimum atomic E-state index is -3.78. The quantitative estimate of drug-likeness (QED) is 0.734. The molecule has 7 nitrogen and oxygen atoms in total. The SMILES string of the molecule is COCCCNC(=O)c1ccc(S(=O)(=O)NC(C)(C)C)o1. The third-order valence-electron chi connectivity index (χ3n) is 2.32. The van der Waals surface area contributed by atoms with E-state index in [0.29, 0.717) is 19.6 Å². The van der Waals surface area contributed by atoms with Crippen molar-refractivity contribution in [1.82, 2.24) is 10.0 Å². The summed E-state index contributed by atoms with van der Waals surface area (Å²) < 4.78 is 36.5. The Morgan fingerprint density at radius 2 is 2.00 bits per heavy atom. The molecule has 0 aromatic carbocycles. The second-order valence-electron chi connectivity index (χ2n) is 5.58. The van der Waals surface area contributed by atoms with Crippen LogP contribution in [0.4, 0.5) is 0 Å². The normalized spacial score (nSPS) is 12.4. The van der Waals surface area contributed by atoms with Gasteiger partial charge in [0.05, 0.1) is 0 Å². The summed E-state index contributed by atoms with van der Waals surface area (Å²) >= 11 is 0. The van der Waals surface area contributed by atoms with Crippen LogP contribution in [0.3, 0.4) is 0 Å². The van der Waals surface area contributed by atoms with Crippen LogP contribution in [0.5, 0.6) is 0 Å². The number of amides is 1. The summed E-state index contributed by atoms with van der Waals surface area (Å²) in [5, 5.41) is 2.34. The summed E-state index contributed by atoms with van der Waals surface area (Å²) in [6.45, 7) is 6.12. The molecule has 0 fully saturated rings. The molecule has 21 heavy (non-hydrogen) atoms. The van der Waals surface area contributed by atoms with Gasteiger partial charge in [0.25, 0.3) is 15.9 Å². The van der Waals surface area contributed by atoms with Gasteiger partial charge in [-0.15, -0.1) is 0 Å². The van der Waals surface area contributed by atoms with Gasteiger partial charge in [-0.05, 0) is 39.3 Å². The molecule has 8 heteroatoms. The van der Waals surface area contributed by atoms with Crippen molar-refractivity contribution in [3.8, 4) is 0 Å². The van der Waals surface area contributed by atoms with E-state index in [1.54, 1.807) is 27.9 Å². The Balaban J connectivity index is 2.70. The molecule has 0 unspecified atom stereocenters. The standard InChI is InChI=1S/C13H22N2O5S/c1-13(2,3)15-21(17,18)11-7-6-10(20-11)12(16)14-8-5-9-19-4/h6-7,15H,5,8-9H2,1-4H3,(H,14,16). The maximum absolute atomic E-state index is 12.0. The van der Waals surface area contributed by atoms with E-state index in [9.17, 15) is 13.2 Å². The zero-order valence-electron chi connectivity index (χ0n) is 12.7. The zero-order valence-corrected chi connectivity index (χ0v) is 13.5. The van der Waals surface area contributed by atoms with Crippen molar-refractivity contribution in [3.05, 3.63) is 17.9 Å². The van der Waals surface area contributed by atoms with E-state index >= 15 is 0 Å². The van der Waals surface area contributed by atoms with Gasteiger partial charge in [0, 0.05) is 25.8 Å². The Morgan fingerprint density at radius 3 is 2.57 bits per heavy atom. The van der Waals surface area contributed by atoms with Crippen molar-refractivity contribution in [2.75, 3.05) is 20.3 Å². The predicted octanol–water partition coefficient (Wildman–Crippen LogP) is 1.12. The van der Waals surface area contributed by atoms with Crippen LogP contribution in [-0.4, -0.2) is 40.1 Å². The average molecular weight is 318 g/mol. The van der Waals surface area contributed by atoms with Crippen LogP contribution < -0.4 is 10.0 Å². The lowest BCUT2D eigenvalue weighted by atomic mass is 10.1. The first kappa shape index (κ1) is 17.7. The molecule has 1 aromatic heterocycles. The van der Waals surface area contributed by atoms with Crippen molar-refractivity contribution in [1.29, 1.82) is 0 Å². The van der Waals surface area contributed by atoms with E-state index in [4.69, 9.17) is 9.15 Å². The summed E-state index contributed by atoms with van der Waals surface area (Å²) in [6.07, 6.45) is 0.666. The minimum absolute atomic E-state index is 0.0401. The van der Waals surface area contributed by atoms with E-state index < -0.39 is 21.5 Å². The summed E-state index contributed by atoms with van der Waals surface area (Å²) in [4.78, 5) is 11.8. The maximum Gasteiger partial charge on any atom is 0.287 e. The first-order valence-electron chi connectivity index (χ1n) is 6.57. The topological polar surface area (TPSA) is 97.6 Å². The summed E-state index contributed by atoms with van der Waals surface area (Å²) in [5.41, 5.74) is -0.631. The summed E-state index contributed by atoms with van der Waals surface area (Å²) in [6, 6.07) is 2.60. The molecule has 0 saturated carbocycles. The first-order chi connectivity index (χ1) is 9.65. The largest absolute Gasteiger partial charge is 0.438 e. The minimum Gasteiger partial charge on any atom is -0.438 e. The van der Waals surface area contributed by atoms with Crippen molar-refractivity contribution in [2.24, 2.45) is 0 Å². The zero-order chi connectivity index (χ0) is 16.1. The number of sulfonamides is 1. The molecule has 0 aliphatic rings. The molecule has 1 amide bonds. The number of ether oxygens (including phenoxy) is 1. The predicted molar refractivity (Wildman–Crippen MR) is 77.6 cm³/mol. The lowest BCUT2D eigenvalue weighted by Crippen LogP contribution is -2.40. The molecular weight excluding hydrogens is 296 g/mol. The highest BCUT2D eigenvalue weighted by molar-refractivity contribution is 7.89. The third kappa shape index (κ3) is 5.86. The molecule has 0 atom stereocenters. The summed E-state index contributed by atoms with van der Waals surface area (Å²) in [7, 11) is -2.20. The molecule has 1 heterocycles. The van der Waals surface area contributed by atoms with Crippen LogP contribution in [0, 0.1) is 0 Å². The second kappa shape index (κ2) is 7.06. The van der Waals surface area contributed by atoms with Gasteiger partial charge in [-0.2, -0.15) is 0 Å². The fraction of sp³-hybridized carbons (Fsp3) is 0.615. The molecule has 1 aromatic rings. The van der Waals surface area contributed by atoms with Crippen LogP contribution in [-0.2, 0) is 14.8 Å². The fourth-order valence-electron chi connectivity index (χ4n) is 1.55. The van der Waals surface area contributed by atoms with E-state index in [-0.39, 0.29) is 10.9 Å². The molecule has 120 valence electrons. The van der Waals surface area contributed by atoms with Crippen LogP contribution in [0.1, 0.15) is 37.7 Å². The first-order valence-corrected chi connectivity index (χ1v) is 8.05. The molecule has 0 saturated heterocycles. The highest BCUT2D eigenvalue weighted by Gasteiger charge is 2.26. The van der Waals surface area contributed by atoms with Gasteiger partial charge in [0.1, 0.15) is 0 Å². The van der Waals surface area contributed by atoms with E-state index in [1.807, 2.05) is 0 Å². The molecule has 0 bridgehead atoms. The van der Waals surface area contributed by atoms with Gasteiger partial charge in [-0.3, -0.25) is 4.79 Å². The summed E-state index contributed by atoms with van der Waals surface area (Å²) in [5.74, 6) is -0.495. The molecule has 0 aliphatic carbocycles. The van der Waals surface area contributed by atoms with Gasteiger partial charge in [0.15, 0.2) is 5.76 Å². The molecular formula is C13H22N2O5S. The average Bonchev–Trinajstić information content (AvgIpc) is 2.81. The van der Waals surface area contributed by atoms with Crippen LogP contribution in [0.15, 0.2) is 21.6 Å². The molecule has 1 rings (SSSR count). The van der Waals surface area contributed by atoms with Crippen molar-refractivity contribution >= 4 is 15.9 Å². The van der Waals surface area contributed by atoms with Crippen molar-refractivity contribution in [3.63, 3.8) is 0 Å². The number of rotatable bonds is 7. The van der Waals surface area contributed by atoms with Crippen molar-refractivity contribution in [2.45, 2.75) is 37.8 Å². The van der Waals surface area contributed by atoms with Crippen LogP contribution in [0.25, 0.3) is 0 Å². The number of hydrogen-bond donors (Lipinski definition) is 2. The van der Waals surface area contributed by atoms with E-state index in [0.717, 1.165) is 0 Å². The van der Waals surface area contributed by atoms with Crippen LogP contribution >= 0.6 is 0 Å². The monoisotopic (exact) mass is 318 g/mol. The highest BCUT2D eigenvalue weighted by Crippen LogP contribution is 2.16. The Hall–Kier alpha value is -1.38. The number of furan rings is 1. The number of carbonyl (C=O) groups is 1. The Kier molecular flexibility index (Phi) is 5.94. The Labute approximate surface area is 125 Å². The molecule has 0 radical (unpaired) electrons. The number of nitrogens with one attached hydrogen (secondary N) is 2. The Morgan fingerprint density at radius 1 is 1.33 bits per heavy atom. The number of hydrogen-bond acceptors (Lipinski definition) is 5. The third-order valence-corrected chi connectivity index (χ3v) is 3.95. The van der Waals surface area contributed by atoms with E-state index in [2.05, 4.69) is 10.0 Å². The van der Waals surface area contributed by atoms with Gasteiger partial charge in [0.2, 0.25) is 5.09 Å². The van der Waals surface area contributed by atoms with Gasteiger partial charge in [-0.1, -0.05) is 0 Å². The lowest BCUT2D eigenvalue weighted by molar-refractivity contribution is 0.0915. The molecule has 0 spiro atoms. The van der Waals surface area contributed by atoms with Crippen molar-refractivity contribution < 1.29 is 22.4 Å². The number of methoxy groups -OCH3 is 1. The highest BCUT2D eigenvalue weighted by atomic mass is 32.2. The Bertz CT molecular complexity index is 572. The van der Waals surface area contributed by atoms with Gasteiger partial charge < -0.3 is 14.5 Å². The molecule has 0 aliphatic heterocycles. The fourth-order valence-corrected chi connectivity index (χ4v) is 2.90. The van der Waals surface area contributed by atoms with Gasteiger partial charge >= 0.3 is 0 Å². The number of carbonyl (C=O) groups excluding carboxylic acids is 1. The second-order valence-corrected chi connectivity index (χ2v) is 7.19. The molecule has 2 N–H and O–H groups in total. The van der Waals surface area contributed by atoms with Crippen LogP contribution in [0.2, 0.25) is 0 Å². The van der Waals surface area contributed by atoms with E-state index in [1.165, 1.54) is 12.1 Å². The smallest absolute Gasteiger partial charge is 0.287 e. The lowest BCUT2D eigenvalue weighted by Gasteiger charge is -2.18. The maximum atomic E-state index is 12.0.